The number of carbonyl (C=O) groups excluding carboxylic acids is 2. The first-order valence-corrected chi connectivity index (χ1v) is 6.30. The van der Waals surface area contributed by atoms with E-state index in [0.29, 0.717) is 5.56 Å². The molecule has 2 aromatic carbocycles. The first kappa shape index (κ1) is 14.5. The first-order valence-electron chi connectivity index (χ1n) is 6.30. The third-order valence-corrected chi connectivity index (χ3v) is 2.93. The van der Waals surface area contributed by atoms with E-state index in [1.165, 1.54) is 19.3 Å². The van der Waals surface area contributed by atoms with Crippen LogP contribution in [0.2, 0.25) is 0 Å². The van der Waals surface area contributed by atoms with E-state index in [9.17, 15) is 14.7 Å². The minimum Gasteiger partial charge on any atom is -0.507 e. The maximum Gasteiger partial charge on any atom is 0.337 e. The molecule has 0 saturated heterocycles. The van der Waals surface area contributed by atoms with Crippen molar-refractivity contribution in [3.05, 3.63) is 71.3 Å². The van der Waals surface area contributed by atoms with Crippen LogP contribution in [0, 0.1) is 0 Å². The van der Waals surface area contributed by atoms with Crippen LogP contribution < -0.4 is 0 Å². The smallest absolute Gasteiger partial charge is 0.337 e. The molecule has 0 saturated carbocycles. The molecule has 0 unspecified atom stereocenters. The fourth-order valence-electron chi connectivity index (χ4n) is 1.79. The Morgan fingerprint density at radius 3 is 2.33 bits per heavy atom. The van der Waals surface area contributed by atoms with Crippen LogP contribution in [0.25, 0.3) is 6.08 Å². The normalized spacial score (nSPS) is 10.5. The second-order valence-corrected chi connectivity index (χ2v) is 4.33. The quantitative estimate of drug-likeness (QED) is 0.532. The summed E-state index contributed by atoms with van der Waals surface area (Å²) in [5.41, 5.74) is 1.47. The van der Waals surface area contributed by atoms with Gasteiger partial charge in [-0.15, -0.1) is 0 Å². The van der Waals surface area contributed by atoms with E-state index in [1.807, 2.05) is 0 Å². The Morgan fingerprint density at radius 2 is 1.71 bits per heavy atom. The van der Waals surface area contributed by atoms with Gasteiger partial charge in [0, 0.05) is 0 Å². The highest BCUT2D eigenvalue weighted by molar-refractivity contribution is 6.08. The van der Waals surface area contributed by atoms with Gasteiger partial charge >= 0.3 is 5.97 Å². The van der Waals surface area contributed by atoms with Crippen LogP contribution in [0.5, 0.6) is 5.75 Å². The van der Waals surface area contributed by atoms with Gasteiger partial charge in [0.25, 0.3) is 0 Å². The number of hydrogen-bond donors (Lipinski definition) is 1. The fourth-order valence-corrected chi connectivity index (χ4v) is 1.79. The molecule has 0 amide bonds. The predicted octanol–water partition coefficient (Wildman–Crippen LogP) is 3.07. The van der Waals surface area contributed by atoms with Crippen LogP contribution in [-0.2, 0) is 4.74 Å². The molecule has 0 bridgehead atoms. The summed E-state index contributed by atoms with van der Waals surface area (Å²) in [7, 11) is 1.32. The largest absolute Gasteiger partial charge is 0.507 e. The van der Waals surface area contributed by atoms with Gasteiger partial charge in [-0.1, -0.05) is 30.3 Å². The molecule has 2 rings (SSSR count). The Morgan fingerprint density at radius 1 is 1.05 bits per heavy atom. The van der Waals surface area contributed by atoms with Crippen LogP contribution in [0.3, 0.4) is 0 Å². The standard InChI is InChI=1S/C17H14O4/c1-21-17(20)13-9-6-12(7-10-13)8-11-16(19)14-4-2-3-5-15(14)18/h2-11,18H,1H3/b11-8+. The van der Waals surface area contributed by atoms with Crippen molar-refractivity contribution in [2.24, 2.45) is 0 Å². The zero-order valence-electron chi connectivity index (χ0n) is 11.4. The molecule has 106 valence electrons. The lowest BCUT2D eigenvalue weighted by molar-refractivity contribution is 0.0600. The molecule has 4 heteroatoms. The van der Waals surface area contributed by atoms with E-state index < -0.39 is 5.97 Å². The lowest BCUT2D eigenvalue weighted by atomic mass is 10.1. The number of phenols is 1. The van der Waals surface area contributed by atoms with Crippen molar-refractivity contribution < 1.29 is 19.4 Å². The Labute approximate surface area is 122 Å². The molecule has 0 atom stereocenters. The van der Waals surface area contributed by atoms with Gasteiger partial charge in [-0.25, -0.2) is 4.79 Å². The number of aromatic hydroxyl groups is 1. The SMILES string of the molecule is COC(=O)c1ccc(/C=C/C(=O)c2ccccc2O)cc1. The number of hydrogen-bond acceptors (Lipinski definition) is 4. The van der Waals surface area contributed by atoms with Gasteiger partial charge in [0.05, 0.1) is 18.2 Å². The average Bonchev–Trinajstić information content (AvgIpc) is 2.52. The average molecular weight is 282 g/mol. The van der Waals surface area contributed by atoms with Gasteiger partial charge in [0.2, 0.25) is 0 Å². The number of allylic oxidation sites excluding steroid dienone is 1. The zero-order valence-corrected chi connectivity index (χ0v) is 11.4. The fraction of sp³-hybridized carbons (Fsp3) is 0.0588. The molecule has 0 aliphatic heterocycles. The van der Waals surface area contributed by atoms with Crippen LogP contribution in [-0.4, -0.2) is 24.0 Å². The summed E-state index contributed by atoms with van der Waals surface area (Å²) in [4.78, 5) is 23.2. The third kappa shape index (κ3) is 3.57. The van der Waals surface area contributed by atoms with E-state index >= 15 is 0 Å². The molecule has 0 spiro atoms. The summed E-state index contributed by atoms with van der Waals surface area (Å²) < 4.78 is 4.61. The molecule has 4 nitrogen and oxygen atoms in total. The second kappa shape index (κ2) is 6.52. The minimum atomic E-state index is -0.407. The number of esters is 1. The second-order valence-electron chi connectivity index (χ2n) is 4.33. The summed E-state index contributed by atoms with van der Waals surface area (Å²) in [6, 6.07) is 13.0. The van der Waals surface area contributed by atoms with Gasteiger partial charge in [-0.05, 0) is 35.9 Å². The van der Waals surface area contributed by atoms with Crippen LogP contribution >= 0.6 is 0 Å². The Kier molecular flexibility index (Phi) is 4.51. The van der Waals surface area contributed by atoms with Gasteiger partial charge in [-0.2, -0.15) is 0 Å². The lowest BCUT2D eigenvalue weighted by Gasteiger charge is -2.00. The summed E-state index contributed by atoms with van der Waals surface area (Å²) >= 11 is 0. The predicted molar refractivity (Wildman–Crippen MR) is 79.3 cm³/mol. The third-order valence-electron chi connectivity index (χ3n) is 2.93. The number of methoxy groups -OCH3 is 1. The van der Waals surface area contributed by atoms with Crippen molar-refractivity contribution in [2.45, 2.75) is 0 Å². The Balaban J connectivity index is 2.13. The van der Waals surface area contributed by atoms with Gasteiger partial charge in [0.15, 0.2) is 5.78 Å². The summed E-state index contributed by atoms with van der Waals surface area (Å²) in [6.45, 7) is 0. The number of para-hydroxylation sites is 1. The monoisotopic (exact) mass is 282 g/mol. The van der Waals surface area contributed by atoms with Crippen LogP contribution in [0.1, 0.15) is 26.3 Å². The molecule has 1 N–H and O–H groups in total. The molecule has 0 aliphatic carbocycles. The van der Waals surface area contributed by atoms with Crippen molar-refractivity contribution in [2.75, 3.05) is 7.11 Å². The minimum absolute atomic E-state index is 0.0480. The highest BCUT2D eigenvalue weighted by atomic mass is 16.5. The number of ether oxygens (including phenoxy) is 1. The molecule has 0 radical (unpaired) electrons. The van der Waals surface area contributed by atoms with Crippen LogP contribution in [0.4, 0.5) is 0 Å². The molecule has 0 fully saturated rings. The zero-order chi connectivity index (χ0) is 15.2. The van der Waals surface area contributed by atoms with Crippen molar-refractivity contribution in [3.63, 3.8) is 0 Å². The molecule has 0 aromatic heterocycles. The Hall–Kier alpha value is -2.88. The van der Waals surface area contributed by atoms with E-state index in [2.05, 4.69) is 4.74 Å². The number of ketones is 1. The maximum absolute atomic E-state index is 11.9. The van der Waals surface area contributed by atoms with Gasteiger partial charge < -0.3 is 9.84 Å². The molecule has 0 aliphatic rings. The number of phenolic OH excluding ortho intramolecular Hbond substituents is 1. The number of rotatable bonds is 4. The van der Waals surface area contributed by atoms with Crippen LogP contribution in [0.15, 0.2) is 54.6 Å². The number of carbonyl (C=O) groups is 2. The first-order chi connectivity index (χ1) is 10.1. The lowest BCUT2D eigenvalue weighted by Crippen LogP contribution is -2.00. The highest BCUT2D eigenvalue weighted by Crippen LogP contribution is 2.17. The van der Waals surface area contributed by atoms with Crippen molar-refractivity contribution in [3.8, 4) is 5.75 Å². The summed E-state index contributed by atoms with van der Waals surface area (Å²) in [5, 5.41) is 9.60. The summed E-state index contributed by atoms with van der Waals surface area (Å²) in [5.74, 6) is -0.742. The van der Waals surface area contributed by atoms with E-state index in [-0.39, 0.29) is 17.1 Å². The summed E-state index contributed by atoms with van der Waals surface area (Å²) in [6.07, 6.45) is 3.00. The topological polar surface area (TPSA) is 63.6 Å². The van der Waals surface area contributed by atoms with E-state index in [1.54, 1.807) is 48.5 Å². The van der Waals surface area contributed by atoms with Gasteiger partial charge in [0.1, 0.15) is 5.75 Å². The highest BCUT2D eigenvalue weighted by Gasteiger charge is 2.07. The van der Waals surface area contributed by atoms with E-state index in [0.717, 1.165) is 5.56 Å². The molecular formula is C17H14O4. The van der Waals surface area contributed by atoms with Gasteiger partial charge in [-0.3, -0.25) is 4.79 Å². The van der Waals surface area contributed by atoms with Crippen molar-refractivity contribution in [1.29, 1.82) is 0 Å². The maximum atomic E-state index is 11.9. The molecular weight excluding hydrogens is 268 g/mol. The Bertz CT molecular complexity index is 684. The molecule has 0 heterocycles. The van der Waals surface area contributed by atoms with E-state index in [4.69, 9.17) is 0 Å². The van der Waals surface area contributed by atoms with Crippen molar-refractivity contribution >= 4 is 17.8 Å². The van der Waals surface area contributed by atoms with Crippen molar-refractivity contribution in [1.82, 2.24) is 0 Å². The molecule has 2 aromatic rings. The number of benzene rings is 2. The molecule has 21 heavy (non-hydrogen) atoms.